The molecule has 3 aromatic rings. The minimum Gasteiger partial charge on any atom is -0.457 e. The minimum absolute atomic E-state index is 0.00989. The third kappa shape index (κ3) is 4.16. The van der Waals surface area contributed by atoms with E-state index in [1.54, 1.807) is 21.6 Å². The summed E-state index contributed by atoms with van der Waals surface area (Å²) in [5.41, 5.74) is -0.550. The Bertz CT molecular complexity index is 1480. The summed E-state index contributed by atoms with van der Waals surface area (Å²) in [6, 6.07) is 10.0. The fraction of sp³-hybridized carbons (Fsp3) is 0.393. The number of esters is 1. The summed E-state index contributed by atoms with van der Waals surface area (Å²) in [5.74, 6) is -2.57. The molecular weight excluding hydrogens is 480 g/mol. The summed E-state index contributed by atoms with van der Waals surface area (Å²) in [5, 5.41) is 2.75. The zero-order chi connectivity index (χ0) is 25.9. The zero-order valence-electron chi connectivity index (χ0n) is 20.4. The number of aromatic nitrogens is 1. The second-order valence-corrected chi connectivity index (χ2v) is 10.5. The van der Waals surface area contributed by atoms with E-state index in [9.17, 15) is 14.4 Å². The Hall–Kier alpha value is -3.75. The molecule has 37 heavy (non-hydrogen) atoms. The second-order valence-electron chi connectivity index (χ2n) is 10.5. The number of rotatable bonds is 6. The van der Waals surface area contributed by atoms with Crippen molar-refractivity contribution in [1.82, 2.24) is 9.88 Å². The van der Waals surface area contributed by atoms with Gasteiger partial charge in [-0.25, -0.2) is 13.6 Å². The van der Waals surface area contributed by atoms with E-state index in [2.05, 4.69) is 5.32 Å². The van der Waals surface area contributed by atoms with Crippen LogP contribution in [0.3, 0.4) is 0 Å². The lowest BCUT2D eigenvalue weighted by atomic mass is 10.1. The molecule has 2 aliphatic carbocycles. The molecule has 3 fully saturated rings. The van der Waals surface area contributed by atoms with Crippen molar-refractivity contribution in [2.75, 3.05) is 18.0 Å². The number of pyridine rings is 1. The van der Waals surface area contributed by atoms with Crippen LogP contribution in [-0.2, 0) is 16.1 Å². The Morgan fingerprint density at radius 2 is 1.95 bits per heavy atom. The number of nitrogens with one attached hydrogen (secondary N) is 1. The lowest BCUT2D eigenvalue weighted by Crippen LogP contribution is -2.30. The molecular formula is C28H27F2N3O4. The second kappa shape index (κ2) is 8.68. The molecule has 0 bridgehead atoms. The van der Waals surface area contributed by atoms with Gasteiger partial charge < -0.3 is 19.5 Å². The molecule has 1 saturated heterocycles. The van der Waals surface area contributed by atoms with Crippen LogP contribution < -0.4 is 15.6 Å². The first kappa shape index (κ1) is 23.6. The van der Waals surface area contributed by atoms with Gasteiger partial charge in [0.05, 0.1) is 10.9 Å². The quantitative estimate of drug-likeness (QED) is 0.509. The van der Waals surface area contributed by atoms with E-state index in [0.29, 0.717) is 13.1 Å². The average molecular weight is 508 g/mol. The molecule has 2 unspecified atom stereocenters. The molecule has 1 aromatic heterocycles. The van der Waals surface area contributed by atoms with Crippen LogP contribution in [0.1, 0.15) is 54.6 Å². The van der Waals surface area contributed by atoms with Gasteiger partial charge in [-0.15, -0.1) is 0 Å². The molecule has 1 spiro atoms. The van der Waals surface area contributed by atoms with E-state index in [4.69, 9.17) is 4.74 Å². The number of fused-ring (bicyclic) bond motifs is 1. The third-order valence-corrected chi connectivity index (χ3v) is 7.83. The standard InChI is InChI=1S/C28H27F2N3O4/c1-16(34)31-22-12-28(22)9-10-32(15-28)25-21(29)11-19-24(23(25)30)33(18-7-8-18)13-20(26(19)35)27(36)37-14-17-5-3-2-4-6-17/h2-6,11,13,18,22H,7-10,12,14-15H2,1H3,(H,31,34). The summed E-state index contributed by atoms with van der Waals surface area (Å²) in [6.07, 6.45) is 4.40. The molecule has 9 heteroatoms. The highest BCUT2D eigenvalue weighted by Crippen LogP contribution is 2.54. The number of ether oxygens (including phenoxy) is 1. The maximum absolute atomic E-state index is 16.1. The largest absolute Gasteiger partial charge is 0.457 e. The Morgan fingerprint density at radius 1 is 1.19 bits per heavy atom. The lowest BCUT2D eigenvalue weighted by Gasteiger charge is -2.23. The Labute approximate surface area is 212 Å². The smallest absolute Gasteiger partial charge is 0.343 e. The topological polar surface area (TPSA) is 80.6 Å². The molecule has 2 heterocycles. The van der Waals surface area contributed by atoms with Crippen molar-refractivity contribution in [3.63, 3.8) is 0 Å². The van der Waals surface area contributed by atoms with Gasteiger partial charge in [-0.05, 0) is 37.3 Å². The number of nitrogens with zero attached hydrogens (tertiary/aromatic N) is 2. The summed E-state index contributed by atoms with van der Waals surface area (Å²) < 4.78 is 38.4. The number of hydrogen-bond donors (Lipinski definition) is 1. The lowest BCUT2D eigenvalue weighted by molar-refractivity contribution is -0.119. The number of carbonyl (C=O) groups excluding carboxylic acids is 2. The van der Waals surface area contributed by atoms with Crippen LogP contribution in [0.2, 0.25) is 0 Å². The van der Waals surface area contributed by atoms with Crippen LogP contribution in [0, 0.1) is 17.0 Å². The van der Waals surface area contributed by atoms with Crippen molar-refractivity contribution in [2.24, 2.45) is 5.41 Å². The molecule has 2 saturated carbocycles. The summed E-state index contributed by atoms with van der Waals surface area (Å²) in [6.45, 7) is 2.32. The zero-order valence-corrected chi connectivity index (χ0v) is 20.4. The monoisotopic (exact) mass is 507 g/mol. The van der Waals surface area contributed by atoms with Gasteiger partial charge >= 0.3 is 5.97 Å². The van der Waals surface area contributed by atoms with Crippen molar-refractivity contribution in [1.29, 1.82) is 0 Å². The summed E-state index contributed by atoms with van der Waals surface area (Å²) in [4.78, 5) is 39.3. The van der Waals surface area contributed by atoms with Crippen molar-refractivity contribution >= 4 is 28.5 Å². The van der Waals surface area contributed by atoms with E-state index in [1.165, 1.54) is 13.1 Å². The van der Waals surface area contributed by atoms with E-state index in [0.717, 1.165) is 37.3 Å². The van der Waals surface area contributed by atoms with Gasteiger partial charge in [-0.3, -0.25) is 9.59 Å². The van der Waals surface area contributed by atoms with Gasteiger partial charge in [-0.2, -0.15) is 0 Å². The first-order valence-electron chi connectivity index (χ1n) is 12.6. The number of amides is 1. The predicted molar refractivity (Wildman–Crippen MR) is 133 cm³/mol. The van der Waals surface area contributed by atoms with Gasteiger partial charge in [0.1, 0.15) is 23.7 Å². The van der Waals surface area contributed by atoms with Crippen LogP contribution in [0.4, 0.5) is 14.5 Å². The van der Waals surface area contributed by atoms with E-state index in [-0.39, 0.29) is 52.2 Å². The van der Waals surface area contributed by atoms with Crippen molar-refractivity contribution < 1.29 is 23.1 Å². The SMILES string of the molecule is CC(=O)NC1CC12CCN(c1c(F)cc3c(=O)c(C(=O)OCc4ccccc4)cn(C4CC4)c3c1F)C2. The van der Waals surface area contributed by atoms with Crippen molar-refractivity contribution in [3.8, 4) is 0 Å². The van der Waals surface area contributed by atoms with E-state index in [1.807, 2.05) is 18.2 Å². The van der Waals surface area contributed by atoms with E-state index < -0.39 is 23.0 Å². The van der Waals surface area contributed by atoms with Crippen LogP contribution in [0.5, 0.6) is 0 Å². The van der Waals surface area contributed by atoms with Crippen molar-refractivity contribution in [2.45, 2.75) is 51.3 Å². The first-order chi connectivity index (χ1) is 17.8. The van der Waals surface area contributed by atoms with Crippen LogP contribution in [0.25, 0.3) is 10.9 Å². The summed E-state index contributed by atoms with van der Waals surface area (Å²) in [7, 11) is 0. The first-order valence-corrected chi connectivity index (χ1v) is 12.6. The van der Waals surface area contributed by atoms with Gasteiger partial charge in [0.2, 0.25) is 11.3 Å². The number of anilines is 1. The minimum atomic E-state index is -0.840. The maximum atomic E-state index is 16.1. The number of hydrogen-bond acceptors (Lipinski definition) is 5. The van der Waals surface area contributed by atoms with E-state index >= 15 is 8.78 Å². The van der Waals surface area contributed by atoms with Crippen molar-refractivity contribution in [3.05, 3.63) is 75.6 Å². The highest BCUT2D eigenvalue weighted by Gasteiger charge is 2.58. The highest BCUT2D eigenvalue weighted by atomic mass is 19.1. The molecule has 1 aliphatic heterocycles. The Balaban J connectivity index is 1.35. The molecule has 192 valence electrons. The average Bonchev–Trinajstić information content (AvgIpc) is 3.77. The molecule has 7 nitrogen and oxygen atoms in total. The van der Waals surface area contributed by atoms with Crippen LogP contribution in [0.15, 0.2) is 47.4 Å². The molecule has 2 atom stereocenters. The summed E-state index contributed by atoms with van der Waals surface area (Å²) >= 11 is 0. The predicted octanol–water partition coefficient (Wildman–Crippen LogP) is 4.08. The molecule has 0 radical (unpaired) electrons. The fourth-order valence-corrected chi connectivity index (χ4v) is 5.64. The Kier molecular flexibility index (Phi) is 5.54. The normalized spacial score (nSPS) is 22.5. The number of benzene rings is 2. The third-order valence-electron chi connectivity index (χ3n) is 7.83. The van der Waals surface area contributed by atoms with Gasteiger partial charge in [0.25, 0.3) is 0 Å². The van der Waals surface area contributed by atoms with Gasteiger partial charge in [0.15, 0.2) is 5.82 Å². The Morgan fingerprint density at radius 3 is 2.65 bits per heavy atom. The van der Waals surface area contributed by atoms with Crippen LogP contribution in [-0.4, -0.2) is 35.6 Å². The van der Waals surface area contributed by atoms with Gasteiger partial charge in [-0.1, -0.05) is 30.3 Å². The maximum Gasteiger partial charge on any atom is 0.343 e. The van der Waals surface area contributed by atoms with Crippen LogP contribution >= 0.6 is 0 Å². The molecule has 2 aromatic carbocycles. The molecule has 1 amide bonds. The molecule has 1 N–H and O–H groups in total. The molecule has 3 aliphatic rings. The fourth-order valence-electron chi connectivity index (χ4n) is 5.64. The molecule has 6 rings (SSSR count). The van der Waals surface area contributed by atoms with Gasteiger partial charge in [0, 0.05) is 43.7 Å². The number of carbonyl (C=O) groups is 2. The highest BCUT2D eigenvalue weighted by molar-refractivity contribution is 5.95. The number of halogens is 2.